The Balaban J connectivity index is 2.04. The van der Waals surface area contributed by atoms with Gasteiger partial charge in [0, 0.05) is 6.04 Å². The van der Waals surface area contributed by atoms with Gasteiger partial charge in [-0.3, -0.25) is 0 Å². The van der Waals surface area contributed by atoms with E-state index < -0.39 is 0 Å². The maximum absolute atomic E-state index is 5.21. The molecule has 2 atom stereocenters. The van der Waals surface area contributed by atoms with E-state index in [0.29, 0.717) is 11.5 Å². The van der Waals surface area contributed by atoms with E-state index in [2.05, 4.69) is 32.2 Å². The molecule has 1 aliphatic rings. The third kappa shape index (κ3) is 3.17. The van der Waals surface area contributed by atoms with Crippen LogP contribution < -0.4 is 5.32 Å². The molecule has 0 spiro atoms. The third-order valence-corrected chi connectivity index (χ3v) is 4.52. The molecule has 1 N–H and O–H groups in total. The van der Waals surface area contributed by atoms with Gasteiger partial charge < -0.3 is 9.73 Å². The summed E-state index contributed by atoms with van der Waals surface area (Å²) in [7, 11) is 0. The summed E-state index contributed by atoms with van der Waals surface area (Å²) in [5, 5.41) is 3.76. The van der Waals surface area contributed by atoms with Crippen molar-refractivity contribution in [2.45, 2.75) is 58.9 Å². The molecule has 1 aromatic heterocycles. The van der Waals surface area contributed by atoms with Crippen LogP contribution in [0.25, 0.3) is 0 Å². The topological polar surface area (TPSA) is 25.2 Å². The first kappa shape index (κ1) is 13.7. The Kier molecular flexibility index (Phi) is 4.50. The first-order valence-corrected chi connectivity index (χ1v) is 7.38. The standard InChI is InChI=1S/C16H27NO/c1-4-9-17-15(11-13-7-10-18-12-13)14-6-5-8-16(14,2)3/h7,10,12,14-15,17H,4-6,8-9,11H2,1-3H3. The maximum Gasteiger partial charge on any atom is 0.0935 e. The Morgan fingerprint density at radius 2 is 2.33 bits per heavy atom. The highest BCUT2D eigenvalue weighted by atomic mass is 16.3. The molecule has 0 radical (unpaired) electrons. The molecule has 2 rings (SSSR count). The molecule has 0 bridgehead atoms. The first-order valence-electron chi connectivity index (χ1n) is 7.38. The molecular formula is C16H27NO. The normalized spacial score (nSPS) is 24.3. The van der Waals surface area contributed by atoms with Gasteiger partial charge in [0.25, 0.3) is 0 Å². The Bertz CT molecular complexity index is 342. The van der Waals surface area contributed by atoms with Gasteiger partial charge in [0.05, 0.1) is 12.5 Å². The van der Waals surface area contributed by atoms with E-state index in [-0.39, 0.29) is 0 Å². The Hall–Kier alpha value is -0.760. The number of hydrogen-bond acceptors (Lipinski definition) is 2. The lowest BCUT2D eigenvalue weighted by Crippen LogP contribution is -2.42. The van der Waals surface area contributed by atoms with E-state index in [1.807, 2.05) is 6.26 Å². The molecular weight excluding hydrogens is 222 g/mol. The van der Waals surface area contributed by atoms with Crippen LogP contribution in [0.3, 0.4) is 0 Å². The van der Waals surface area contributed by atoms with Crippen molar-refractivity contribution in [2.75, 3.05) is 6.54 Å². The van der Waals surface area contributed by atoms with Crippen molar-refractivity contribution in [1.82, 2.24) is 5.32 Å². The quantitative estimate of drug-likeness (QED) is 0.824. The van der Waals surface area contributed by atoms with Crippen molar-refractivity contribution in [2.24, 2.45) is 11.3 Å². The van der Waals surface area contributed by atoms with Crippen molar-refractivity contribution in [3.05, 3.63) is 24.2 Å². The second kappa shape index (κ2) is 5.92. The minimum absolute atomic E-state index is 0.481. The Morgan fingerprint density at radius 3 is 2.89 bits per heavy atom. The first-order chi connectivity index (χ1) is 8.63. The highest BCUT2D eigenvalue weighted by Gasteiger charge is 2.39. The molecule has 18 heavy (non-hydrogen) atoms. The molecule has 2 heteroatoms. The van der Waals surface area contributed by atoms with E-state index in [1.54, 1.807) is 6.26 Å². The van der Waals surface area contributed by atoms with Crippen LogP contribution in [-0.4, -0.2) is 12.6 Å². The van der Waals surface area contributed by atoms with Crippen LogP contribution in [0.4, 0.5) is 0 Å². The van der Waals surface area contributed by atoms with Gasteiger partial charge >= 0.3 is 0 Å². The number of rotatable bonds is 6. The van der Waals surface area contributed by atoms with Gasteiger partial charge in [-0.15, -0.1) is 0 Å². The average Bonchev–Trinajstić information content (AvgIpc) is 2.93. The molecule has 1 saturated carbocycles. The Morgan fingerprint density at radius 1 is 1.50 bits per heavy atom. The van der Waals surface area contributed by atoms with Gasteiger partial charge in [-0.25, -0.2) is 0 Å². The summed E-state index contributed by atoms with van der Waals surface area (Å²) in [6.07, 6.45) is 10.1. The number of furan rings is 1. The second-order valence-electron chi connectivity index (χ2n) is 6.38. The molecule has 0 aromatic carbocycles. The average molecular weight is 249 g/mol. The molecule has 2 nitrogen and oxygen atoms in total. The van der Waals surface area contributed by atoms with Crippen molar-refractivity contribution in [3.63, 3.8) is 0 Å². The molecule has 102 valence electrons. The predicted octanol–water partition coefficient (Wildman–Crippen LogP) is 4.02. The van der Waals surface area contributed by atoms with Gasteiger partial charge in [-0.05, 0) is 55.2 Å². The largest absolute Gasteiger partial charge is 0.472 e. The summed E-state index contributed by atoms with van der Waals surface area (Å²) in [4.78, 5) is 0. The van der Waals surface area contributed by atoms with Gasteiger partial charge in [-0.2, -0.15) is 0 Å². The second-order valence-corrected chi connectivity index (χ2v) is 6.38. The van der Waals surface area contributed by atoms with Crippen LogP contribution in [0.2, 0.25) is 0 Å². The van der Waals surface area contributed by atoms with Gasteiger partial charge in [0.2, 0.25) is 0 Å². The van der Waals surface area contributed by atoms with Crippen LogP contribution in [0.5, 0.6) is 0 Å². The monoisotopic (exact) mass is 249 g/mol. The SMILES string of the molecule is CCCNC(Cc1ccoc1)C1CCCC1(C)C. The molecule has 1 fully saturated rings. The molecule has 0 amide bonds. The highest BCUT2D eigenvalue weighted by molar-refractivity contribution is 5.09. The van der Waals surface area contributed by atoms with Gasteiger partial charge in [-0.1, -0.05) is 27.2 Å². The van der Waals surface area contributed by atoms with Crippen molar-refractivity contribution >= 4 is 0 Å². The van der Waals surface area contributed by atoms with E-state index in [4.69, 9.17) is 4.42 Å². The number of nitrogens with one attached hydrogen (secondary N) is 1. The molecule has 0 aliphatic heterocycles. The molecule has 0 saturated heterocycles. The van der Waals surface area contributed by atoms with Crippen molar-refractivity contribution in [3.8, 4) is 0 Å². The highest BCUT2D eigenvalue weighted by Crippen LogP contribution is 2.44. The fourth-order valence-electron chi connectivity index (χ4n) is 3.45. The zero-order valence-corrected chi connectivity index (χ0v) is 12.0. The lowest BCUT2D eigenvalue weighted by molar-refractivity contribution is 0.195. The summed E-state index contributed by atoms with van der Waals surface area (Å²) >= 11 is 0. The lowest BCUT2D eigenvalue weighted by atomic mass is 9.76. The lowest BCUT2D eigenvalue weighted by Gasteiger charge is -2.35. The zero-order chi connectivity index (χ0) is 13.0. The van der Waals surface area contributed by atoms with Gasteiger partial charge in [0.1, 0.15) is 0 Å². The van der Waals surface area contributed by atoms with Crippen LogP contribution >= 0.6 is 0 Å². The van der Waals surface area contributed by atoms with E-state index in [0.717, 1.165) is 18.9 Å². The molecule has 1 aliphatic carbocycles. The van der Waals surface area contributed by atoms with Crippen molar-refractivity contribution in [1.29, 1.82) is 0 Å². The minimum atomic E-state index is 0.481. The summed E-state index contributed by atoms with van der Waals surface area (Å²) in [6.45, 7) is 8.22. The summed E-state index contributed by atoms with van der Waals surface area (Å²) < 4.78 is 5.21. The summed E-state index contributed by atoms with van der Waals surface area (Å²) in [6, 6.07) is 2.70. The third-order valence-electron chi connectivity index (χ3n) is 4.52. The van der Waals surface area contributed by atoms with Gasteiger partial charge in [0.15, 0.2) is 0 Å². The van der Waals surface area contributed by atoms with E-state index in [1.165, 1.54) is 31.2 Å². The zero-order valence-electron chi connectivity index (χ0n) is 12.0. The van der Waals surface area contributed by atoms with Crippen LogP contribution in [0.1, 0.15) is 52.0 Å². The van der Waals surface area contributed by atoms with Crippen LogP contribution in [-0.2, 0) is 6.42 Å². The molecule has 1 heterocycles. The summed E-state index contributed by atoms with van der Waals surface area (Å²) in [5.74, 6) is 0.791. The predicted molar refractivity (Wildman–Crippen MR) is 75.6 cm³/mol. The smallest absolute Gasteiger partial charge is 0.0935 e. The summed E-state index contributed by atoms with van der Waals surface area (Å²) in [5.41, 5.74) is 1.81. The minimum Gasteiger partial charge on any atom is -0.472 e. The van der Waals surface area contributed by atoms with Crippen LogP contribution in [0.15, 0.2) is 23.0 Å². The Labute approximate surface area is 111 Å². The molecule has 2 unspecified atom stereocenters. The van der Waals surface area contributed by atoms with Crippen molar-refractivity contribution < 1.29 is 4.42 Å². The fourth-order valence-corrected chi connectivity index (χ4v) is 3.45. The number of hydrogen-bond donors (Lipinski definition) is 1. The molecule has 1 aromatic rings. The fraction of sp³-hybridized carbons (Fsp3) is 0.750. The maximum atomic E-state index is 5.21. The van der Waals surface area contributed by atoms with E-state index in [9.17, 15) is 0 Å². The van der Waals surface area contributed by atoms with E-state index >= 15 is 0 Å². The van der Waals surface area contributed by atoms with Crippen LogP contribution in [0, 0.1) is 11.3 Å².